The van der Waals surface area contributed by atoms with Crippen molar-refractivity contribution in [2.45, 2.75) is 44.6 Å². The van der Waals surface area contributed by atoms with E-state index in [-0.39, 0.29) is 17.8 Å². The average molecular weight is 405 g/mol. The molecule has 5 nitrogen and oxygen atoms in total. The number of carbonyl (C=O) groups is 1. The topological polar surface area (TPSA) is 64.1 Å². The summed E-state index contributed by atoms with van der Waals surface area (Å²) in [4.78, 5) is 21.3. The normalized spacial score (nSPS) is 14.7. The van der Waals surface area contributed by atoms with Gasteiger partial charge in [-0.2, -0.15) is 4.98 Å². The lowest BCUT2D eigenvalue weighted by atomic mass is 10.1. The molecule has 30 heavy (non-hydrogen) atoms. The van der Waals surface area contributed by atoms with Crippen LogP contribution in [0.3, 0.4) is 0 Å². The summed E-state index contributed by atoms with van der Waals surface area (Å²) in [6.45, 7) is 0. The summed E-state index contributed by atoms with van der Waals surface area (Å²) in [6, 6.07) is 14.9. The monoisotopic (exact) mass is 405 g/mol. The fourth-order valence-electron chi connectivity index (χ4n) is 3.65. The number of hydrogen-bond acceptors (Lipinski definition) is 4. The third-order valence-corrected chi connectivity index (χ3v) is 5.24. The number of nitrogens with one attached hydrogen (secondary N) is 1. The maximum absolute atomic E-state index is 13.1. The van der Waals surface area contributed by atoms with Gasteiger partial charge in [0, 0.05) is 29.4 Å². The third-order valence-electron chi connectivity index (χ3n) is 5.24. The molecule has 0 bridgehead atoms. The summed E-state index contributed by atoms with van der Waals surface area (Å²) in [5.41, 5.74) is 1.25. The van der Waals surface area contributed by atoms with Crippen molar-refractivity contribution in [2.24, 2.45) is 0 Å². The molecule has 0 aliphatic heterocycles. The lowest BCUT2D eigenvalue weighted by molar-refractivity contribution is 0.0933. The van der Waals surface area contributed by atoms with Crippen LogP contribution in [0.2, 0.25) is 0 Å². The Bertz CT molecular complexity index is 999. The van der Waals surface area contributed by atoms with Crippen LogP contribution in [0.5, 0.6) is 11.6 Å². The van der Waals surface area contributed by atoms with Crippen molar-refractivity contribution < 1.29 is 13.9 Å². The molecule has 1 heterocycles. The molecule has 1 aliphatic rings. The highest BCUT2D eigenvalue weighted by Gasteiger charge is 2.16. The minimum absolute atomic E-state index is 0.0814. The van der Waals surface area contributed by atoms with Crippen molar-refractivity contribution in [3.05, 3.63) is 72.2 Å². The van der Waals surface area contributed by atoms with Gasteiger partial charge in [-0.25, -0.2) is 9.37 Å². The van der Waals surface area contributed by atoms with Crippen molar-refractivity contribution in [3.8, 4) is 23.0 Å². The van der Waals surface area contributed by atoms with Crippen LogP contribution in [0.25, 0.3) is 11.4 Å². The third kappa shape index (κ3) is 5.20. The Morgan fingerprint density at radius 1 is 1.00 bits per heavy atom. The van der Waals surface area contributed by atoms with E-state index >= 15 is 0 Å². The van der Waals surface area contributed by atoms with E-state index in [4.69, 9.17) is 4.74 Å². The lowest BCUT2D eigenvalue weighted by Gasteiger charge is -2.16. The van der Waals surface area contributed by atoms with Crippen molar-refractivity contribution in [1.29, 1.82) is 0 Å². The van der Waals surface area contributed by atoms with Gasteiger partial charge in [-0.1, -0.05) is 31.7 Å². The molecule has 0 unspecified atom stereocenters. The second kappa shape index (κ2) is 9.48. The molecule has 0 spiro atoms. The number of halogens is 1. The van der Waals surface area contributed by atoms with E-state index in [1.807, 2.05) is 0 Å². The zero-order chi connectivity index (χ0) is 20.8. The van der Waals surface area contributed by atoms with Crippen molar-refractivity contribution in [2.75, 3.05) is 0 Å². The molecule has 1 saturated carbocycles. The molecule has 1 amide bonds. The highest BCUT2D eigenvalue weighted by Crippen LogP contribution is 2.24. The molecule has 0 radical (unpaired) electrons. The smallest absolute Gasteiger partial charge is 0.251 e. The SMILES string of the molecule is O=C(NC1CCCCCC1)c1cccc(Oc2ccnc(-c3ccc(F)cc3)n2)c1. The molecule has 1 fully saturated rings. The highest BCUT2D eigenvalue weighted by molar-refractivity contribution is 5.94. The number of nitrogens with zero attached hydrogens (tertiary/aromatic N) is 2. The number of benzene rings is 2. The van der Waals surface area contributed by atoms with Crippen LogP contribution < -0.4 is 10.1 Å². The zero-order valence-corrected chi connectivity index (χ0v) is 16.7. The van der Waals surface area contributed by atoms with E-state index in [1.54, 1.807) is 48.7 Å². The molecule has 6 heteroatoms. The molecule has 1 aliphatic carbocycles. The van der Waals surface area contributed by atoms with Gasteiger partial charge >= 0.3 is 0 Å². The molecule has 4 rings (SSSR count). The van der Waals surface area contributed by atoms with E-state index in [0.29, 0.717) is 28.6 Å². The van der Waals surface area contributed by atoms with E-state index in [2.05, 4.69) is 15.3 Å². The number of carbonyl (C=O) groups excluding carboxylic acids is 1. The summed E-state index contributed by atoms with van der Waals surface area (Å²) < 4.78 is 19.0. The fraction of sp³-hybridized carbons (Fsp3) is 0.292. The molecule has 0 atom stereocenters. The molecule has 0 saturated heterocycles. The number of aromatic nitrogens is 2. The Balaban J connectivity index is 1.46. The van der Waals surface area contributed by atoms with E-state index in [9.17, 15) is 9.18 Å². The van der Waals surface area contributed by atoms with Gasteiger partial charge in [-0.3, -0.25) is 4.79 Å². The van der Waals surface area contributed by atoms with Gasteiger partial charge in [0.2, 0.25) is 5.88 Å². The number of ether oxygens (including phenoxy) is 1. The fourth-order valence-corrected chi connectivity index (χ4v) is 3.65. The van der Waals surface area contributed by atoms with Gasteiger partial charge in [0.25, 0.3) is 5.91 Å². The average Bonchev–Trinajstić information content (AvgIpc) is 3.03. The summed E-state index contributed by atoms with van der Waals surface area (Å²) in [6.07, 6.45) is 8.48. The predicted molar refractivity (Wildman–Crippen MR) is 113 cm³/mol. The van der Waals surface area contributed by atoms with Crippen LogP contribution in [0.15, 0.2) is 60.8 Å². The van der Waals surface area contributed by atoms with E-state index in [1.165, 1.54) is 25.0 Å². The summed E-state index contributed by atoms with van der Waals surface area (Å²) in [5.74, 6) is 0.916. The number of amides is 1. The van der Waals surface area contributed by atoms with Crippen LogP contribution in [-0.2, 0) is 0 Å². The van der Waals surface area contributed by atoms with Crippen molar-refractivity contribution in [1.82, 2.24) is 15.3 Å². The standard InChI is InChI=1S/C24H24FN3O2/c25-19-12-10-17(11-13-19)23-26-15-14-22(28-23)30-21-9-5-6-18(16-21)24(29)27-20-7-3-1-2-4-8-20/h5-6,9-16,20H,1-4,7-8H2,(H,27,29). The first-order chi connectivity index (χ1) is 14.7. The second-order valence-corrected chi connectivity index (χ2v) is 7.52. The molecular weight excluding hydrogens is 381 g/mol. The summed E-state index contributed by atoms with van der Waals surface area (Å²) >= 11 is 0. The first-order valence-corrected chi connectivity index (χ1v) is 10.4. The predicted octanol–water partition coefficient (Wildman–Crippen LogP) is 5.53. The van der Waals surface area contributed by atoms with Crippen LogP contribution in [0.4, 0.5) is 4.39 Å². The minimum Gasteiger partial charge on any atom is -0.439 e. The van der Waals surface area contributed by atoms with Crippen LogP contribution in [0, 0.1) is 5.82 Å². The van der Waals surface area contributed by atoms with Gasteiger partial charge < -0.3 is 10.1 Å². The molecule has 2 aromatic carbocycles. The maximum Gasteiger partial charge on any atom is 0.251 e. The van der Waals surface area contributed by atoms with E-state index in [0.717, 1.165) is 25.7 Å². The van der Waals surface area contributed by atoms with Crippen molar-refractivity contribution >= 4 is 5.91 Å². The second-order valence-electron chi connectivity index (χ2n) is 7.52. The highest BCUT2D eigenvalue weighted by atomic mass is 19.1. The van der Waals surface area contributed by atoms with Gasteiger partial charge in [0.1, 0.15) is 11.6 Å². The quantitative estimate of drug-likeness (QED) is 0.567. The molecule has 154 valence electrons. The maximum atomic E-state index is 13.1. The summed E-state index contributed by atoms with van der Waals surface area (Å²) in [7, 11) is 0. The Labute approximate surface area is 175 Å². The molecule has 3 aromatic rings. The first kappa shape index (κ1) is 20.0. The summed E-state index contributed by atoms with van der Waals surface area (Å²) in [5, 5.41) is 3.15. The van der Waals surface area contributed by atoms with Gasteiger partial charge in [0.15, 0.2) is 5.82 Å². The van der Waals surface area contributed by atoms with Crippen LogP contribution in [0.1, 0.15) is 48.9 Å². The number of rotatable bonds is 5. The number of hydrogen-bond donors (Lipinski definition) is 1. The Morgan fingerprint density at radius 3 is 2.53 bits per heavy atom. The Kier molecular flexibility index (Phi) is 6.32. The Hall–Kier alpha value is -3.28. The lowest BCUT2D eigenvalue weighted by Crippen LogP contribution is -2.34. The first-order valence-electron chi connectivity index (χ1n) is 10.4. The van der Waals surface area contributed by atoms with Gasteiger partial charge in [-0.15, -0.1) is 0 Å². The van der Waals surface area contributed by atoms with Crippen molar-refractivity contribution in [3.63, 3.8) is 0 Å². The molecule has 1 N–H and O–H groups in total. The van der Waals surface area contributed by atoms with Gasteiger partial charge in [-0.05, 0) is 55.3 Å². The zero-order valence-electron chi connectivity index (χ0n) is 16.7. The van der Waals surface area contributed by atoms with Crippen LogP contribution in [-0.4, -0.2) is 21.9 Å². The van der Waals surface area contributed by atoms with E-state index < -0.39 is 0 Å². The van der Waals surface area contributed by atoms with Gasteiger partial charge in [0.05, 0.1) is 0 Å². The largest absolute Gasteiger partial charge is 0.439 e. The minimum atomic E-state index is -0.315. The molecule has 1 aromatic heterocycles. The Morgan fingerprint density at radius 2 is 1.77 bits per heavy atom. The molecular formula is C24H24FN3O2. The van der Waals surface area contributed by atoms with Crippen LogP contribution >= 0.6 is 0 Å².